The number of rotatable bonds is 4. The summed E-state index contributed by atoms with van der Waals surface area (Å²) in [6.45, 7) is 4.84. The summed E-state index contributed by atoms with van der Waals surface area (Å²) in [6, 6.07) is 0. The first kappa shape index (κ1) is 14.0. The maximum absolute atomic E-state index is 11.7. The monoisotopic (exact) mass is 285 g/mol. The number of hydrogen-bond acceptors (Lipinski definition) is 6. The van der Waals surface area contributed by atoms with Crippen LogP contribution in [0.2, 0.25) is 0 Å². The molecule has 0 spiro atoms. The highest BCUT2D eigenvalue weighted by molar-refractivity contribution is 6.17. The highest BCUT2D eigenvalue weighted by Gasteiger charge is 2.19. The molecule has 1 aliphatic heterocycles. The first-order valence-corrected chi connectivity index (χ1v) is 6.71. The second-order valence-electron chi connectivity index (χ2n) is 3.98. The number of halogens is 1. The van der Waals surface area contributed by atoms with E-state index in [0.29, 0.717) is 37.0 Å². The van der Waals surface area contributed by atoms with Crippen LogP contribution in [0.1, 0.15) is 23.0 Å². The fourth-order valence-corrected chi connectivity index (χ4v) is 2.01. The molecule has 0 N–H and O–H groups in total. The SMILES string of the molecule is CCOC(=O)c1cnc(N2CCOCC2)nc1CCl. The number of morpholine rings is 1. The van der Waals surface area contributed by atoms with Gasteiger partial charge in [-0.15, -0.1) is 11.6 Å². The van der Waals surface area contributed by atoms with Crippen LogP contribution in [0.15, 0.2) is 6.20 Å². The molecule has 104 valence electrons. The molecule has 2 rings (SSSR count). The predicted molar refractivity (Wildman–Crippen MR) is 70.6 cm³/mol. The molecular formula is C12H16ClN3O3. The van der Waals surface area contributed by atoms with Crippen molar-refractivity contribution in [1.82, 2.24) is 9.97 Å². The number of hydrogen-bond donors (Lipinski definition) is 0. The average Bonchev–Trinajstić information content (AvgIpc) is 2.47. The van der Waals surface area contributed by atoms with Crippen molar-refractivity contribution in [2.45, 2.75) is 12.8 Å². The van der Waals surface area contributed by atoms with Gasteiger partial charge in [0.1, 0.15) is 5.56 Å². The third-order valence-corrected chi connectivity index (χ3v) is 3.02. The molecule has 0 aromatic carbocycles. The van der Waals surface area contributed by atoms with Crippen LogP contribution < -0.4 is 4.90 Å². The van der Waals surface area contributed by atoms with Crippen LogP contribution in [-0.2, 0) is 15.4 Å². The lowest BCUT2D eigenvalue weighted by Crippen LogP contribution is -2.37. The van der Waals surface area contributed by atoms with E-state index >= 15 is 0 Å². The van der Waals surface area contributed by atoms with Crippen molar-refractivity contribution in [3.8, 4) is 0 Å². The van der Waals surface area contributed by atoms with E-state index in [-0.39, 0.29) is 5.88 Å². The number of carbonyl (C=O) groups excluding carboxylic acids is 1. The largest absolute Gasteiger partial charge is 0.462 e. The fourth-order valence-electron chi connectivity index (χ4n) is 1.80. The van der Waals surface area contributed by atoms with E-state index in [4.69, 9.17) is 21.1 Å². The van der Waals surface area contributed by atoms with E-state index in [1.807, 2.05) is 4.90 Å². The Balaban J connectivity index is 2.22. The summed E-state index contributed by atoms with van der Waals surface area (Å²) in [5.41, 5.74) is 0.825. The summed E-state index contributed by atoms with van der Waals surface area (Å²) < 4.78 is 10.2. The van der Waals surface area contributed by atoms with Crippen molar-refractivity contribution in [3.63, 3.8) is 0 Å². The predicted octanol–water partition coefficient (Wildman–Crippen LogP) is 1.23. The van der Waals surface area contributed by atoms with Crippen LogP contribution in [0.4, 0.5) is 5.95 Å². The Labute approximate surface area is 116 Å². The maximum atomic E-state index is 11.7. The maximum Gasteiger partial charge on any atom is 0.341 e. The number of anilines is 1. The van der Waals surface area contributed by atoms with Crippen molar-refractivity contribution in [2.24, 2.45) is 0 Å². The van der Waals surface area contributed by atoms with Gasteiger partial charge in [-0.3, -0.25) is 0 Å². The lowest BCUT2D eigenvalue weighted by atomic mass is 10.2. The minimum absolute atomic E-state index is 0.147. The van der Waals surface area contributed by atoms with E-state index in [1.165, 1.54) is 6.20 Å². The highest BCUT2D eigenvalue weighted by Crippen LogP contribution is 2.16. The molecular weight excluding hydrogens is 270 g/mol. The van der Waals surface area contributed by atoms with Crippen molar-refractivity contribution >= 4 is 23.5 Å². The van der Waals surface area contributed by atoms with Crippen molar-refractivity contribution in [3.05, 3.63) is 17.5 Å². The fraction of sp³-hybridized carbons (Fsp3) is 0.583. The summed E-state index contributed by atoms with van der Waals surface area (Å²) in [5.74, 6) is 0.284. The van der Waals surface area contributed by atoms with Crippen LogP contribution in [0.3, 0.4) is 0 Å². The molecule has 6 nitrogen and oxygen atoms in total. The van der Waals surface area contributed by atoms with Gasteiger partial charge in [-0.05, 0) is 6.92 Å². The Kier molecular flexibility index (Phi) is 4.93. The van der Waals surface area contributed by atoms with E-state index in [1.54, 1.807) is 6.92 Å². The number of nitrogens with zero attached hydrogens (tertiary/aromatic N) is 3. The summed E-state index contributed by atoms with van der Waals surface area (Å²) in [6.07, 6.45) is 1.48. The zero-order valence-corrected chi connectivity index (χ0v) is 11.5. The third-order valence-electron chi connectivity index (χ3n) is 2.77. The minimum Gasteiger partial charge on any atom is -0.462 e. The van der Waals surface area contributed by atoms with Gasteiger partial charge in [-0.25, -0.2) is 14.8 Å². The Bertz CT molecular complexity index is 450. The zero-order chi connectivity index (χ0) is 13.7. The van der Waals surface area contributed by atoms with Gasteiger partial charge in [0, 0.05) is 19.3 Å². The second kappa shape index (κ2) is 6.68. The first-order chi connectivity index (χ1) is 9.26. The molecule has 0 aliphatic carbocycles. The van der Waals surface area contributed by atoms with Gasteiger partial charge in [0.05, 0.1) is 31.4 Å². The van der Waals surface area contributed by atoms with Crippen molar-refractivity contribution in [2.75, 3.05) is 37.8 Å². The molecule has 1 aliphatic rings. The summed E-state index contributed by atoms with van der Waals surface area (Å²) in [7, 11) is 0. The molecule has 1 saturated heterocycles. The van der Waals surface area contributed by atoms with E-state index in [2.05, 4.69) is 9.97 Å². The number of carbonyl (C=O) groups is 1. The quantitative estimate of drug-likeness (QED) is 0.612. The lowest BCUT2D eigenvalue weighted by Gasteiger charge is -2.27. The molecule has 0 amide bonds. The normalized spacial score (nSPS) is 15.4. The standard InChI is InChI=1S/C12H16ClN3O3/c1-2-19-11(17)9-8-14-12(15-10(9)7-13)16-3-5-18-6-4-16/h8H,2-7H2,1H3. The zero-order valence-electron chi connectivity index (χ0n) is 10.8. The Morgan fingerprint density at radius 1 is 1.53 bits per heavy atom. The van der Waals surface area contributed by atoms with Gasteiger partial charge in [0.15, 0.2) is 0 Å². The molecule has 0 unspecified atom stereocenters. The summed E-state index contributed by atoms with van der Waals surface area (Å²) in [4.78, 5) is 22.3. The van der Waals surface area contributed by atoms with Gasteiger partial charge in [0.2, 0.25) is 5.95 Å². The van der Waals surface area contributed by atoms with Crippen LogP contribution in [0.25, 0.3) is 0 Å². The van der Waals surface area contributed by atoms with Crippen LogP contribution in [0, 0.1) is 0 Å². The number of alkyl halides is 1. The molecule has 0 atom stereocenters. The number of esters is 1. The van der Waals surface area contributed by atoms with Gasteiger partial charge in [0.25, 0.3) is 0 Å². The molecule has 2 heterocycles. The second-order valence-corrected chi connectivity index (χ2v) is 4.25. The van der Waals surface area contributed by atoms with E-state index < -0.39 is 5.97 Å². The minimum atomic E-state index is -0.438. The van der Waals surface area contributed by atoms with Crippen LogP contribution in [0.5, 0.6) is 0 Å². The Morgan fingerprint density at radius 3 is 2.89 bits per heavy atom. The van der Waals surface area contributed by atoms with Gasteiger partial charge in [-0.2, -0.15) is 0 Å². The molecule has 1 aromatic heterocycles. The average molecular weight is 286 g/mol. The first-order valence-electron chi connectivity index (χ1n) is 6.18. The van der Waals surface area contributed by atoms with Crippen molar-refractivity contribution in [1.29, 1.82) is 0 Å². The van der Waals surface area contributed by atoms with Crippen LogP contribution in [-0.4, -0.2) is 48.8 Å². The molecule has 1 aromatic rings. The third kappa shape index (κ3) is 3.33. The topological polar surface area (TPSA) is 64.5 Å². The molecule has 19 heavy (non-hydrogen) atoms. The lowest BCUT2D eigenvalue weighted by molar-refractivity contribution is 0.0524. The molecule has 0 saturated carbocycles. The Hall–Kier alpha value is -1.40. The van der Waals surface area contributed by atoms with Gasteiger partial charge >= 0.3 is 5.97 Å². The highest BCUT2D eigenvalue weighted by atomic mass is 35.5. The van der Waals surface area contributed by atoms with Crippen molar-refractivity contribution < 1.29 is 14.3 Å². The van der Waals surface area contributed by atoms with E-state index in [0.717, 1.165) is 13.1 Å². The molecule has 0 bridgehead atoms. The molecule has 1 fully saturated rings. The van der Waals surface area contributed by atoms with Gasteiger partial charge < -0.3 is 14.4 Å². The Morgan fingerprint density at radius 2 is 2.26 bits per heavy atom. The summed E-state index contributed by atoms with van der Waals surface area (Å²) in [5, 5.41) is 0. The smallest absolute Gasteiger partial charge is 0.341 e. The van der Waals surface area contributed by atoms with E-state index in [9.17, 15) is 4.79 Å². The van der Waals surface area contributed by atoms with Gasteiger partial charge in [-0.1, -0.05) is 0 Å². The number of ether oxygens (including phenoxy) is 2. The molecule has 7 heteroatoms. The summed E-state index contributed by atoms with van der Waals surface area (Å²) >= 11 is 5.85. The molecule has 0 radical (unpaired) electrons. The number of aromatic nitrogens is 2. The van der Waals surface area contributed by atoms with Crippen LogP contribution >= 0.6 is 11.6 Å².